The molecule has 3 aliphatic rings. The Balaban J connectivity index is 0.000000103. The number of rotatable bonds is 0. The second-order valence-electron chi connectivity index (χ2n) is 7.33. The van der Waals surface area contributed by atoms with Gasteiger partial charge in [0.15, 0.2) is 0 Å². The molecule has 3 aromatic heterocycles. The Bertz CT molecular complexity index is 789. The van der Waals surface area contributed by atoms with E-state index in [1.807, 2.05) is 42.9 Å². The van der Waals surface area contributed by atoms with Crippen molar-refractivity contribution >= 4 is 0 Å². The molecule has 0 aromatic carbocycles. The van der Waals surface area contributed by atoms with Gasteiger partial charge in [0.1, 0.15) is 5.75 Å². The first-order chi connectivity index (χ1) is 13.9. The molecule has 3 aromatic rings. The maximum atomic E-state index is 5.36. The number of hydrogen-bond donors (Lipinski definition) is 0. The number of ether oxygens (including phenoxy) is 1. The lowest BCUT2D eigenvalue weighted by atomic mass is 10.2. The fourth-order valence-electron chi connectivity index (χ4n) is 3.90. The van der Waals surface area contributed by atoms with Crippen LogP contribution in [0.5, 0.6) is 5.75 Å². The monoisotopic (exact) mass is 373 g/mol. The highest BCUT2D eigenvalue weighted by molar-refractivity contribution is 5.28. The van der Waals surface area contributed by atoms with Gasteiger partial charge >= 0.3 is 0 Å². The summed E-state index contributed by atoms with van der Waals surface area (Å²) in [5.74, 6) is 0.966. The number of hydrogen-bond acceptors (Lipinski definition) is 4. The molecule has 0 amide bonds. The minimum atomic E-state index is 0.846. The molecule has 0 fully saturated rings. The predicted octanol–water partition coefficient (Wildman–Crippen LogP) is 4.55. The highest BCUT2D eigenvalue weighted by Gasteiger charge is 2.10. The summed E-state index contributed by atoms with van der Waals surface area (Å²) in [4.78, 5) is 12.7. The molecule has 1 aliphatic heterocycles. The molecule has 2 aliphatic carbocycles. The minimum absolute atomic E-state index is 0.846. The highest BCUT2D eigenvalue weighted by Crippen LogP contribution is 2.21. The topological polar surface area (TPSA) is 47.9 Å². The van der Waals surface area contributed by atoms with Crippen LogP contribution < -0.4 is 4.74 Å². The summed E-state index contributed by atoms with van der Waals surface area (Å²) in [7, 11) is 0. The number of aryl methyl sites for hydroxylation is 5. The molecule has 4 heteroatoms. The van der Waals surface area contributed by atoms with Crippen molar-refractivity contribution in [3.8, 4) is 5.75 Å². The average Bonchev–Trinajstić information content (AvgIpc) is 3.44. The van der Waals surface area contributed by atoms with E-state index in [0.29, 0.717) is 0 Å². The Labute approximate surface area is 167 Å². The second-order valence-corrected chi connectivity index (χ2v) is 7.33. The van der Waals surface area contributed by atoms with Crippen LogP contribution in [0.1, 0.15) is 47.5 Å². The largest absolute Gasteiger partial charge is 0.492 e. The summed E-state index contributed by atoms with van der Waals surface area (Å²) >= 11 is 0. The SMILES string of the molecule is c1cnc2c(c1)CCC2.c1cnc2c(c1)CCC2.c1cnc2c(c1)OCCC2. The maximum absolute atomic E-state index is 5.36. The molecule has 28 heavy (non-hydrogen) atoms. The molecular formula is C24H27N3O. The van der Waals surface area contributed by atoms with Crippen LogP contribution in [0.15, 0.2) is 55.0 Å². The van der Waals surface area contributed by atoms with Crippen molar-refractivity contribution in [3.05, 3.63) is 83.2 Å². The normalized spacial score (nSPS) is 15.6. The number of pyridine rings is 3. The molecule has 4 heterocycles. The molecule has 0 unspecified atom stereocenters. The van der Waals surface area contributed by atoms with Gasteiger partial charge < -0.3 is 4.74 Å². The van der Waals surface area contributed by atoms with Gasteiger partial charge in [-0.2, -0.15) is 0 Å². The van der Waals surface area contributed by atoms with Crippen LogP contribution in [-0.4, -0.2) is 21.6 Å². The molecule has 0 N–H and O–H groups in total. The molecule has 0 atom stereocenters. The Morgan fingerprint density at radius 1 is 0.571 bits per heavy atom. The second kappa shape index (κ2) is 9.45. The molecular weight excluding hydrogens is 346 g/mol. The minimum Gasteiger partial charge on any atom is -0.492 e. The maximum Gasteiger partial charge on any atom is 0.140 e. The van der Waals surface area contributed by atoms with E-state index in [-0.39, 0.29) is 0 Å². The van der Waals surface area contributed by atoms with E-state index in [1.165, 1.54) is 61.0 Å². The van der Waals surface area contributed by atoms with Crippen molar-refractivity contribution in [2.24, 2.45) is 0 Å². The number of fused-ring (bicyclic) bond motifs is 3. The van der Waals surface area contributed by atoms with Gasteiger partial charge in [-0.15, -0.1) is 0 Å². The van der Waals surface area contributed by atoms with Crippen molar-refractivity contribution in [2.75, 3.05) is 6.61 Å². The van der Waals surface area contributed by atoms with E-state index >= 15 is 0 Å². The van der Waals surface area contributed by atoms with Crippen LogP contribution in [0, 0.1) is 0 Å². The van der Waals surface area contributed by atoms with E-state index in [4.69, 9.17) is 4.74 Å². The summed E-state index contributed by atoms with van der Waals surface area (Å²) in [5, 5.41) is 0. The molecule has 0 saturated heterocycles. The van der Waals surface area contributed by atoms with Crippen LogP contribution in [0.2, 0.25) is 0 Å². The lowest BCUT2D eigenvalue weighted by Crippen LogP contribution is -2.09. The van der Waals surface area contributed by atoms with Gasteiger partial charge in [0.25, 0.3) is 0 Å². The summed E-state index contributed by atoms with van der Waals surface area (Å²) < 4.78 is 5.36. The zero-order valence-electron chi connectivity index (χ0n) is 16.3. The Morgan fingerprint density at radius 3 is 1.68 bits per heavy atom. The van der Waals surface area contributed by atoms with Crippen LogP contribution in [0.3, 0.4) is 0 Å². The van der Waals surface area contributed by atoms with Gasteiger partial charge in [-0.05, 0) is 86.8 Å². The lowest BCUT2D eigenvalue weighted by molar-refractivity contribution is 0.285. The van der Waals surface area contributed by atoms with Gasteiger partial charge in [-0.25, -0.2) is 0 Å². The third-order valence-electron chi connectivity index (χ3n) is 5.35. The highest BCUT2D eigenvalue weighted by atomic mass is 16.5. The quantitative estimate of drug-likeness (QED) is 0.580. The van der Waals surface area contributed by atoms with Gasteiger partial charge in [0, 0.05) is 30.0 Å². The van der Waals surface area contributed by atoms with Crippen molar-refractivity contribution < 1.29 is 4.74 Å². The zero-order chi connectivity index (χ0) is 19.0. The van der Waals surface area contributed by atoms with Gasteiger partial charge in [-0.1, -0.05) is 12.1 Å². The predicted molar refractivity (Wildman–Crippen MR) is 111 cm³/mol. The summed E-state index contributed by atoms with van der Waals surface area (Å²) in [6, 6.07) is 12.3. The van der Waals surface area contributed by atoms with Crippen LogP contribution in [0.4, 0.5) is 0 Å². The fourth-order valence-corrected chi connectivity index (χ4v) is 3.90. The van der Waals surface area contributed by atoms with E-state index in [9.17, 15) is 0 Å². The summed E-state index contributed by atoms with van der Waals surface area (Å²) in [6.07, 6.45) is 15.2. The number of aromatic nitrogens is 3. The Hall–Kier alpha value is -2.75. The molecule has 0 spiro atoms. The first kappa shape index (κ1) is 18.6. The van der Waals surface area contributed by atoms with Crippen molar-refractivity contribution in [1.29, 1.82) is 0 Å². The van der Waals surface area contributed by atoms with Crippen LogP contribution in [0.25, 0.3) is 0 Å². The first-order valence-electron chi connectivity index (χ1n) is 10.3. The zero-order valence-corrected chi connectivity index (χ0v) is 16.3. The van der Waals surface area contributed by atoms with E-state index in [1.54, 1.807) is 0 Å². The first-order valence-corrected chi connectivity index (χ1v) is 10.3. The van der Waals surface area contributed by atoms with Crippen molar-refractivity contribution in [3.63, 3.8) is 0 Å². The molecule has 0 radical (unpaired) electrons. The standard InChI is InChI=1S/C8H9NO.2C8H9N/c1-4-8-7(9-5-1)3-2-6-10-8;2*1-3-7-4-2-6-9-8(7)5-1/h1,4-5H,2-3,6H2;2*2,4,6H,1,3,5H2. The summed E-state index contributed by atoms with van der Waals surface area (Å²) in [6.45, 7) is 0.846. The van der Waals surface area contributed by atoms with E-state index in [2.05, 4.69) is 27.1 Å². The fraction of sp³-hybridized carbons (Fsp3) is 0.375. The molecule has 4 nitrogen and oxygen atoms in total. The lowest BCUT2D eigenvalue weighted by Gasteiger charge is -2.14. The van der Waals surface area contributed by atoms with Crippen molar-refractivity contribution in [1.82, 2.24) is 15.0 Å². The van der Waals surface area contributed by atoms with E-state index in [0.717, 1.165) is 30.9 Å². The summed E-state index contributed by atoms with van der Waals surface area (Å²) in [5.41, 5.74) is 6.65. The Kier molecular flexibility index (Phi) is 6.28. The number of nitrogens with zero attached hydrogens (tertiary/aromatic N) is 3. The third kappa shape index (κ3) is 4.75. The third-order valence-corrected chi connectivity index (χ3v) is 5.35. The van der Waals surface area contributed by atoms with Gasteiger partial charge in [0.05, 0.1) is 12.3 Å². The molecule has 0 saturated carbocycles. The molecule has 144 valence electrons. The molecule has 0 bridgehead atoms. The van der Waals surface area contributed by atoms with E-state index < -0.39 is 0 Å². The average molecular weight is 374 g/mol. The van der Waals surface area contributed by atoms with Crippen LogP contribution >= 0.6 is 0 Å². The molecule has 6 rings (SSSR count). The van der Waals surface area contributed by atoms with Crippen molar-refractivity contribution in [2.45, 2.75) is 51.4 Å². The van der Waals surface area contributed by atoms with Gasteiger partial charge in [0.2, 0.25) is 0 Å². The van der Waals surface area contributed by atoms with Crippen LogP contribution in [-0.2, 0) is 32.1 Å². The Morgan fingerprint density at radius 2 is 1.11 bits per heavy atom. The smallest absolute Gasteiger partial charge is 0.140 e. The van der Waals surface area contributed by atoms with Gasteiger partial charge in [-0.3, -0.25) is 15.0 Å².